The zero-order valence-electron chi connectivity index (χ0n) is 30.3. The Kier molecular flexibility index (Phi) is 13.6. The van der Waals surface area contributed by atoms with E-state index in [0.717, 1.165) is 21.9 Å². The number of rotatable bonds is 16. The highest BCUT2D eigenvalue weighted by molar-refractivity contribution is 9.10. The molecule has 0 radical (unpaired) electrons. The van der Waals surface area contributed by atoms with Gasteiger partial charge in [-0.05, 0) is 56.8 Å². The first-order valence-corrected chi connectivity index (χ1v) is 22.7. The number of ether oxygens (including phenoxy) is 2. The van der Waals surface area contributed by atoms with E-state index in [1.165, 1.54) is 10.4 Å². The number of carbonyl (C=O) groups is 1. The van der Waals surface area contributed by atoms with Gasteiger partial charge in [-0.3, -0.25) is 0 Å². The van der Waals surface area contributed by atoms with Crippen LogP contribution in [0.3, 0.4) is 0 Å². The largest absolute Gasteiger partial charge is 0.408 e. The normalized spacial score (nSPS) is 14.6. The van der Waals surface area contributed by atoms with Crippen LogP contribution in [0.2, 0.25) is 23.2 Å². The second-order valence-electron chi connectivity index (χ2n) is 15.2. The fourth-order valence-electron chi connectivity index (χ4n) is 5.84. The minimum atomic E-state index is -2.94. The van der Waals surface area contributed by atoms with Crippen molar-refractivity contribution < 1.29 is 23.1 Å². The van der Waals surface area contributed by atoms with Gasteiger partial charge in [0, 0.05) is 4.47 Å². The molecule has 4 aromatic carbocycles. The van der Waals surface area contributed by atoms with Gasteiger partial charge in [0.1, 0.15) is 18.3 Å². The summed E-state index contributed by atoms with van der Waals surface area (Å²) in [7, 11) is -5.38. The van der Waals surface area contributed by atoms with Crippen molar-refractivity contribution in [3.63, 3.8) is 0 Å². The van der Waals surface area contributed by atoms with E-state index < -0.39 is 34.9 Å². The molecule has 5 nitrogen and oxygen atoms in total. The number of aldehydes is 1. The van der Waals surface area contributed by atoms with E-state index >= 15 is 0 Å². The van der Waals surface area contributed by atoms with E-state index in [4.69, 9.17) is 18.3 Å². The van der Waals surface area contributed by atoms with Crippen LogP contribution in [-0.2, 0) is 36.3 Å². The van der Waals surface area contributed by atoms with Gasteiger partial charge in [0.25, 0.3) is 8.32 Å². The SMILES string of the molecule is CC(C)(C)[Si](C)(C)O[C@@H]([C@H](C=O)OCc1ccc(Br)cc1)[C@H](CO[Si](c1ccccc1)(c1ccccc1)C(C)(C)C)OCc1ccccc1. The molecule has 0 aliphatic carbocycles. The lowest BCUT2D eigenvalue weighted by atomic mass is 10.1. The van der Waals surface area contributed by atoms with Crippen LogP contribution >= 0.6 is 15.9 Å². The van der Waals surface area contributed by atoms with Gasteiger partial charge in [0.2, 0.25) is 0 Å². The second kappa shape index (κ2) is 17.0. The number of halogens is 1. The van der Waals surface area contributed by atoms with Crippen LogP contribution in [0.5, 0.6) is 0 Å². The van der Waals surface area contributed by atoms with Gasteiger partial charge in [0.05, 0.1) is 19.8 Å². The van der Waals surface area contributed by atoms with Gasteiger partial charge < -0.3 is 23.1 Å². The van der Waals surface area contributed by atoms with Crippen molar-refractivity contribution in [2.75, 3.05) is 6.61 Å². The Labute approximate surface area is 304 Å². The molecular formula is C41H53BrO5Si2. The molecule has 4 aromatic rings. The van der Waals surface area contributed by atoms with Crippen molar-refractivity contribution in [3.8, 4) is 0 Å². The molecule has 4 rings (SSSR count). The highest BCUT2D eigenvalue weighted by Gasteiger charge is 2.51. The lowest BCUT2D eigenvalue weighted by Gasteiger charge is -2.46. The molecule has 0 heterocycles. The lowest BCUT2D eigenvalue weighted by Crippen LogP contribution is -2.67. The zero-order valence-corrected chi connectivity index (χ0v) is 33.9. The van der Waals surface area contributed by atoms with Gasteiger partial charge in [-0.1, -0.05) is 161 Å². The highest BCUT2D eigenvalue weighted by Crippen LogP contribution is 2.40. The minimum Gasteiger partial charge on any atom is -0.408 e. The van der Waals surface area contributed by atoms with Crippen LogP contribution in [0.1, 0.15) is 52.7 Å². The molecule has 262 valence electrons. The molecule has 0 unspecified atom stereocenters. The van der Waals surface area contributed by atoms with Gasteiger partial charge >= 0.3 is 0 Å². The average molecular weight is 762 g/mol. The van der Waals surface area contributed by atoms with Crippen LogP contribution in [0, 0.1) is 0 Å². The lowest BCUT2D eigenvalue weighted by molar-refractivity contribution is -0.143. The van der Waals surface area contributed by atoms with Gasteiger partial charge in [-0.2, -0.15) is 0 Å². The molecule has 0 saturated carbocycles. The van der Waals surface area contributed by atoms with E-state index in [9.17, 15) is 4.79 Å². The maximum atomic E-state index is 13.1. The Bertz CT molecular complexity index is 1530. The van der Waals surface area contributed by atoms with Crippen molar-refractivity contribution in [2.24, 2.45) is 0 Å². The third kappa shape index (κ3) is 9.97. The third-order valence-corrected chi connectivity index (χ3v) is 19.6. The number of carbonyl (C=O) groups excluding carboxylic acids is 1. The molecule has 0 aliphatic heterocycles. The molecule has 0 spiro atoms. The fourth-order valence-corrected chi connectivity index (χ4v) is 12.0. The van der Waals surface area contributed by atoms with Crippen LogP contribution in [0.4, 0.5) is 0 Å². The van der Waals surface area contributed by atoms with Crippen LogP contribution < -0.4 is 10.4 Å². The molecular weight excluding hydrogens is 709 g/mol. The molecule has 49 heavy (non-hydrogen) atoms. The van der Waals surface area contributed by atoms with Crippen LogP contribution in [-0.4, -0.2) is 47.8 Å². The summed E-state index contributed by atoms with van der Waals surface area (Å²) in [6.45, 7) is 18.6. The molecule has 0 fully saturated rings. The summed E-state index contributed by atoms with van der Waals surface area (Å²) in [6, 6.07) is 39.2. The smallest absolute Gasteiger partial charge is 0.261 e. The molecule has 0 saturated heterocycles. The third-order valence-electron chi connectivity index (χ3n) is 9.60. The first-order valence-electron chi connectivity index (χ1n) is 17.1. The Morgan fingerprint density at radius 1 is 0.653 bits per heavy atom. The Morgan fingerprint density at radius 3 is 1.59 bits per heavy atom. The van der Waals surface area contributed by atoms with Crippen molar-refractivity contribution >= 4 is 49.2 Å². The maximum Gasteiger partial charge on any atom is 0.261 e. The summed E-state index contributed by atoms with van der Waals surface area (Å²) in [5, 5.41) is 2.00. The van der Waals surface area contributed by atoms with E-state index in [1.807, 2.05) is 66.7 Å². The Balaban J connectivity index is 1.80. The van der Waals surface area contributed by atoms with Crippen molar-refractivity contribution in [3.05, 3.63) is 131 Å². The van der Waals surface area contributed by atoms with E-state index in [1.54, 1.807) is 0 Å². The average Bonchev–Trinajstić information content (AvgIpc) is 3.07. The highest BCUT2D eigenvalue weighted by atomic mass is 79.9. The Morgan fingerprint density at radius 2 is 1.12 bits per heavy atom. The summed E-state index contributed by atoms with van der Waals surface area (Å²) in [4.78, 5) is 13.1. The monoisotopic (exact) mass is 760 g/mol. The molecule has 8 heteroatoms. The van der Waals surface area contributed by atoms with Crippen molar-refractivity contribution in [1.29, 1.82) is 0 Å². The predicted molar refractivity (Wildman–Crippen MR) is 209 cm³/mol. The molecule has 0 N–H and O–H groups in total. The summed E-state index contributed by atoms with van der Waals surface area (Å²) < 4.78 is 28.8. The van der Waals surface area contributed by atoms with Gasteiger partial charge in [-0.15, -0.1) is 0 Å². The first-order chi connectivity index (χ1) is 23.2. The van der Waals surface area contributed by atoms with Gasteiger partial charge in [-0.25, -0.2) is 0 Å². The van der Waals surface area contributed by atoms with E-state index in [-0.39, 0.29) is 23.3 Å². The summed E-state index contributed by atoms with van der Waals surface area (Å²) >= 11 is 3.51. The maximum absolute atomic E-state index is 13.1. The summed E-state index contributed by atoms with van der Waals surface area (Å²) in [6.07, 6.45) is -1.34. The van der Waals surface area contributed by atoms with E-state index in [2.05, 4.69) is 119 Å². The molecule has 0 aliphatic rings. The fraction of sp³-hybridized carbons (Fsp3) is 0.390. The minimum absolute atomic E-state index is 0.118. The zero-order chi connectivity index (χ0) is 35.7. The van der Waals surface area contributed by atoms with Crippen molar-refractivity contribution in [2.45, 2.75) is 96.2 Å². The quantitative estimate of drug-likeness (QED) is 0.0843. The van der Waals surface area contributed by atoms with Crippen LogP contribution in [0.25, 0.3) is 0 Å². The standard InChI is InChI=1S/C41H53BrO5Si2/c1-40(2,3)48(7,8)47-39(37(28-43)44-30-33-24-26-34(42)27-25-33)38(45-29-32-18-12-9-13-19-32)31-46-49(41(4,5)6,35-20-14-10-15-21-35)36-22-16-11-17-23-36/h9-28,37-39H,29-31H2,1-8H3/t37-,38-,39-/m0/s1. The Hall–Kier alpha value is -2.70. The van der Waals surface area contributed by atoms with Gasteiger partial charge in [0.15, 0.2) is 14.6 Å². The topological polar surface area (TPSA) is 54.0 Å². The van der Waals surface area contributed by atoms with E-state index in [0.29, 0.717) is 6.61 Å². The number of hydrogen-bond donors (Lipinski definition) is 0. The molecule has 3 atom stereocenters. The number of benzene rings is 4. The first kappa shape index (κ1) is 39.1. The summed E-state index contributed by atoms with van der Waals surface area (Å²) in [5.41, 5.74) is 1.99. The molecule has 0 amide bonds. The molecule has 0 bridgehead atoms. The van der Waals surface area contributed by atoms with Crippen molar-refractivity contribution in [1.82, 2.24) is 0 Å². The van der Waals surface area contributed by atoms with Crippen LogP contribution in [0.15, 0.2) is 120 Å². The molecule has 0 aromatic heterocycles. The number of hydrogen-bond acceptors (Lipinski definition) is 5. The second-order valence-corrected chi connectivity index (χ2v) is 25.2. The predicted octanol–water partition coefficient (Wildman–Crippen LogP) is 9.09. The summed E-state index contributed by atoms with van der Waals surface area (Å²) in [5.74, 6) is 0.